The largest absolute Gasteiger partial charge is 0.344 e. The van der Waals surface area contributed by atoms with E-state index >= 15 is 0 Å². The molecule has 2 heterocycles. The SMILES string of the molecule is Cc1sc(CNC(=O)c2c[nH]c(=S)n2-c2ccccc2)nc1-c1ccc(Cl)cc1. The highest BCUT2D eigenvalue weighted by Crippen LogP contribution is 2.28. The van der Waals surface area contributed by atoms with E-state index in [0.29, 0.717) is 22.0 Å². The Morgan fingerprint density at radius 2 is 1.93 bits per heavy atom. The van der Waals surface area contributed by atoms with E-state index in [1.807, 2.05) is 61.5 Å². The Kier molecular flexibility index (Phi) is 5.62. The Labute approximate surface area is 182 Å². The number of amides is 1. The maximum Gasteiger partial charge on any atom is 0.270 e. The topological polar surface area (TPSA) is 62.7 Å². The quantitative estimate of drug-likeness (QED) is 0.400. The summed E-state index contributed by atoms with van der Waals surface area (Å²) in [5.41, 5.74) is 3.19. The van der Waals surface area contributed by atoms with Crippen LogP contribution in [-0.4, -0.2) is 20.4 Å². The van der Waals surface area contributed by atoms with Crippen LogP contribution in [0.15, 0.2) is 60.8 Å². The molecule has 146 valence electrons. The molecule has 0 saturated heterocycles. The minimum Gasteiger partial charge on any atom is -0.344 e. The zero-order valence-corrected chi connectivity index (χ0v) is 17.9. The number of carbonyl (C=O) groups is 1. The van der Waals surface area contributed by atoms with Crippen molar-refractivity contribution >= 4 is 41.1 Å². The summed E-state index contributed by atoms with van der Waals surface area (Å²) in [5, 5.41) is 4.46. The minimum absolute atomic E-state index is 0.220. The number of rotatable bonds is 5. The second kappa shape index (κ2) is 8.32. The molecule has 2 aromatic heterocycles. The van der Waals surface area contributed by atoms with E-state index in [2.05, 4.69) is 15.3 Å². The molecule has 0 fully saturated rings. The van der Waals surface area contributed by atoms with Crippen LogP contribution in [0.25, 0.3) is 16.9 Å². The first kappa shape index (κ1) is 19.6. The zero-order valence-electron chi connectivity index (χ0n) is 15.5. The van der Waals surface area contributed by atoms with Gasteiger partial charge in [-0.25, -0.2) is 4.98 Å². The lowest BCUT2D eigenvalue weighted by Gasteiger charge is -2.08. The number of imidazole rings is 1. The number of H-pyrrole nitrogens is 1. The van der Waals surface area contributed by atoms with Gasteiger partial charge in [-0.1, -0.05) is 41.9 Å². The van der Waals surface area contributed by atoms with Crippen molar-refractivity contribution in [2.75, 3.05) is 0 Å². The normalized spacial score (nSPS) is 10.8. The van der Waals surface area contributed by atoms with Crippen molar-refractivity contribution in [3.8, 4) is 16.9 Å². The number of nitrogens with one attached hydrogen (secondary N) is 2. The van der Waals surface area contributed by atoms with Gasteiger partial charge in [0.1, 0.15) is 10.7 Å². The number of carbonyl (C=O) groups excluding carboxylic acids is 1. The van der Waals surface area contributed by atoms with Crippen LogP contribution in [0.1, 0.15) is 20.4 Å². The molecule has 4 aromatic rings. The lowest BCUT2D eigenvalue weighted by atomic mass is 10.1. The summed E-state index contributed by atoms with van der Waals surface area (Å²) >= 11 is 12.9. The van der Waals surface area contributed by atoms with E-state index in [1.165, 1.54) is 0 Å². The van der Waals surface area contributed by atoms with Crippen LogP contribution in [-0.2, 0) is 6.54 Å². The molecule has 2 aromatic carbocycles. The van der Waals surface area contributed by atoms with Gasteiger partial charge in [0.15, 0.2) is 4.77 Å². The Bertz CT molecular complexity index is 1210. The van der Waals surface area contributed by atoms with Crippen LogP contribution in [0.5, 0.6) is 0 Å². The third-order valence-electron chi connectivity index (χ3n) is 4.38. The van der Waals surface area contributed by atoms with E-state index in [0.717, 1.165) is 26.8 Å². The van der Waals surface area contributed by atoms with Gasteiger partial charge in [-0.3, -0.25) is 9.36 Å². The molecular formula is C21H17ClN4OS2. The Balaban J connectivity index is 1.52. The molecule has 8 heteroatoms. The zero-order chi connectivity index (χ0) is 20.4. The van der Waals surface area contributed by atoms with Gasteiger partial charge in [-0.15, -0.1) is 11.3 Å². The average molecular weight is 441 g/mol. The number of hydrogen-bond acceptors (Lipinski definition) is 4. The summed E-state index contributed by atoms with van der Waals surface area (Å²) in [6.45, 7) is 2.36. The van der Waals surface area contributed by atoms with Gasteiger partial charge in [0.25, 0.3) is 5.91 Å². The fourth-order valence-electron chi connectivity index (χ4n) is 3.02. The van der Waals surface area contributed by atoms with Gasteiger partial charge in [-0.2, -0.15) is 0 Å². The molecule has 0 unspecified atom stereocenters. The fraction of sp³-hybridized carbons (Fsp3) is 0.0952. The summed E-state index contributed by atoms with van der Waals surface area (Å²) in [6, 6.07) is 17.1. The summed E-state index contributed by atoms with van der Waals surface area (Å²) in [4.78, 5) is 21.5. The molecule has 29 heavy (non-hydrogen) atoms. The maximum absolute atomic E-state index is 12.8. The molecule has 0 spiro atoms. The number of aromatic nitrogens is 3. The summed E-state index contributed by atoms with van der Waals surface area (Å²) in [5.74, 6) is -0.220. The van der Waals surface area contributed by atoms with Crippen molar-refractivity contribution in [3.63, 3.8) is 0 Å². The van der Waals surface area contributed by atoms with Crippen LogP contribution in [0.4, 0.5) is 0 Å². The molecule has 2 N–H and O–H groups in total. The van der Waals surface area contributed by atoms with Gasteiger partial charge in [0.2, 0.25) is 0 Å². The number of aromatic amines is 1. The van der Waals surface area contributed by atoms with Crippen molar-refractivity contribution in [2.24, 2.45) is 0 Å². The van der Waals surface area contributed by atoms with Crippen LogP contribution in [0, 0.1) is 11.7 Å². The maximum atomic E-state index is 12.8. The molecule has 1 amide bonds. The number of aryl methyl sites for hydroxylation is 1. The second-order valence-corrected chi connectivity index (χ2v) is 8.46. The molecule has 0 saturated carbocycles. The highest BCUT2D eigenvalue weighted by Gasteiger charge is 2.16. The predicted molar refractivity (Wildman–Crippen MR) is 119 cm³/mol. The van der Waals surface area contributed by atoms with Gasteiger partial charge in [0, 0.05) is 27.3 Å². The van der Waals surface area contributed by atoms with Gasteiger partial charge >= 0.3 is 0 Å². The van der Waals surface area contributed by atoms with Crippen LogP contribution < -0.4 is 5.32 Å². The first-order chi connectivity index (χ1) is 14.0. The van der Waals surface area contributed by atoms with Crippen molar-refractivity contribution in [1.82, 2.24) is 19.9 Å². The molecule has 0 aliphatic rings. The highest BCUT2D eigenvalue weighted by molar-refractivity contribution is 7.71. The Morgan fingerprint density at radius 1 is 1.21 bits per heavy atom. The fourth-order valence-corrected chi connectivity index (χ4v) is 4.30. The van der Waals surface area contributed by atoms with E-state index in [1.54, 1.807) is 22.1 Å². The molecule has 0 radical (unpaired) electrons. The number of hydrogen-bond donors (Lipinski definition) is 2. The average Bonchev–Trinajstić information content (AvgIpc) is 3.30. The van der Waals surface area contributed by atoms with Gasteiger partial charge in [-0.05, 0) is 43.4 Å². The summed E-state index contributed by atoms with van der Waals surface area (Å²) in [6.07, 6.45) is 1.62. The van der Waals surface area contributed by atoms with Crippen molar-refractivity contribution in [3.05, 3.63) is 86.2 Å². The van der Waals surface area contributed by atoms with Crippen LogP contribution >= 0.6 is 35.2 Å². The van der Waals surface area contributed by atoms with Crippen molar-refractivity contribution < 1.29 is 4.79 Å². The monoisotopic (exact) mass is 440 g/mol. The van der Waals surface area contributed by atoms with Gasteiger partial charge in [0.05, 0.1) is 12.2 Å². The van der Waals surface area contributed by atoms with Crippen LogP contribution in [0.3, 0.4) is 0 Å². The second-order valence-electron chi connectivity index (χ2n) is 6.35. The van der Waals surface area contributed by atoms with E-state index in [9.17, 15) is 4.79 Å². The molecule has 4 rings (SSSR count). The third kappa shape index (κ3) is 4.17. The smallest absolute Gasteiger partial charge is 0.270 e. The van der Waals surface area contributed by atoms with Crippen molar-refractivity contribution in [2.45, 2.75) is 13.5 Å². The highest BCUT2D eigenvalue weighted by atomic mass is 35.5. The molecule has 5 nitrogen and oxygen atoms in total. The Hall–Kier alpha value is -2.74. The van der Waals surface area contributed by atoms with E-state index < -0.39 is 0 Å². The molecule has 0 bridgehead atoms. The van der Waals surface area contributed by atoms with Gasteiger partial charge < -0.3 is 10.3 Å². The van der Waals surface area contributed by atoms with Crippen LogP contribution in [0.2, 0.25) is 5.02 Å². The van der Waals surface area contributed by atoms with E-state index in [4.69, 9.17) is 23.8 Å². The number of thiazole rings is 1. The minimum atomic E-state index is -0.220. The molecular weight excluding hydrogens is 424 g/mol. The molecule has 0 atom stereocenters. The molecule has 0 aliphatic heterocycles. The number of para-hydroxylation sites is 1. The molecule has 0 aliphatic carbocycles. The first-order valence-corrected chi connectivity index (χ1v) is 10.5. The number of benzene rings is 2. The first-order valence-electron chi connectivity index (χ1n) is 8.89. The van der Waals surface area contributed by atoms with Crippen molar-refractivity contribution in [1.29, 1.82) is 0 Å². The lowest BCUT2D eigenvalue weighted by molar-refractivity contribution is 0.0944. The lowest BCUT2D eigenvalue weighted by Crippen LogP contribution is -2.25. The van der Waals surface area contributed by atoms with E-state index in [-0.39, 0.29) is 5.91 Å². The standard InChI is InChI=1S/C21H17ClN4OS2/c1-13-19(14-7-9-15(22)10-8-14)25-18(29-13)12-23-20(27)17-11-24-21(28)26(17)16-5-3-2-4-6-16/h2-11H,12H2,1H3,(H,23,27)(H,24,28). The third-order valence-corrected chi connectivity index (χ3v) is 5.91. The predicted octanol–water partition coefficient (Wildman–Crippen LogP) is 5.55. The number of nitrogens with zero attached hydrogens (tertiary/aromatic N) is 2. The summed E-state index contributed by atoms with van der Waals surface area (Å²) in [7, 11) is 0. The number of halogens is 1. The summed E-state index contributed by atoms with van der Waals surface area (Å²) < 4.78 is 2.19. The Morgan fingerprint density at radius 3 is 2.66 bits per heavy atom.